The van der Waals surface area contributed by atoms with Gasteiger partial charge < -0.3 is 5.11 Å². The Kier molecular flexibility index (Phi) is 7.67. The number of rotatable bonds is 9. The summed E-state index contributed by atoms with van der Waals surface area (Å²) >= 11 is 0. The van der Waals surface area contributed by atoms with Crippen LogP contribution in [0.4, 0.5) is 13.2 Å². The van der Waals surface area contributed by atoms with Crippen LogP contribution in [0.5, 0.6) is 0 Å². The smallest absolute Gasteiger partial charge is 0.385 e. The number of carbonyl (C=O) groups excluding carboxylic acids is 1. The SMILES string of the molecule is CC(=O)[C@@H](O)[C@H](C)CCCNS(=O)(=O)CCC(F)(F)F. The van der Waals surface area contributed by atoms with Gasteiger partial charge in [0.05, 0.1) is 12.2 Å². The van der Waals surface area contributed by atoms with E-state index < -0.39 is 34.5 Å². The predicted octanol–water partition coefficient (Wildman–Crippen LogP) is 1.22. The van der Waals surface area contributed by atoms with Gasteiger partial charge in [0.15, 0.2) is 5.78 Å². The van der Waals surface area contributed by atoms with E-state index in [2.05, 4.69) is 4.72 Å². The summed E-state index contributed by atoms with van der Waals surface area (Å²) in [6.07, 6.45) is -6.27. The summed E-state index contributed by atoms with van der Waals surface area (Å²) in [5.74, 6) is -1.70. The molecule has 0 unspecified atom stereocenters. The molecule has 0 saturated carbocycles. The lowest BCUT2D eigenvalue weighted by Crippen LogP contribution is -2.31. The zero-order valence-corrected chi connectivity index (χ0v) is 12.2. The van der Waals surface area contributed by atoms with E-state index in [0.29, 0.717) is 12.8 Å². The van der Waals surface area contributed by atoms with Crippen molar-refractivity contribution in [2.45, 2.75) is 45.4 Å². The van der Waals surface area contributed by atoms with Gasteiger partial charge in [-0.05, 0) is 25.7 Å². The van der Waals surface area contributed by atoms with Crippen molar-refractivity contribution < 1.29 is 31.5 Å². The van der Waals surface area contributed by atoms with Gasteiger partial charge in [-0.2, -0.15) is 13.2 Å². The van der Waals surface area contributed by atoms with Crippen LogP contribution in [0.25, 0.3) is 0 Å². The van der Waals surface area contributed by atoms with Gasteiger partial charge in [0.1, 0.15) is 6.10 Å². The summed E-state index contributed by atoms with van der Waals surface area (Å²) in [4.78, 5) is 10.9. The van der Waals surface area contributed by atoms with Crippen LogP contribution in [-0.2, 0) is 14.8 Å². The first-order valence-electron chi connectivity index (χ1n) is 6.17. The minimum absolute atomic E-state index is 0.0187. The van der Waals surface area contributed by atoms with Crippen molar-refractivity contribution in [1.82, 2.24) is 4.72 Å². The highest BCUT2D eigenvalue weighted by molar-refractivity contribution is 7.89. The first kappa shape index (κ1) is 19.3. The first-order chi connectivity index (χ1) is 8.94. The molecule has 0 bridgehead atoms. The summed E-state index contributed by atoms with van der Waals surface area (Å²) in [6.45, 7) is 2.88. The van der Waals surface area contributed by atoms with Gasteiger partial charge in [0.2, 0.25) is 10.0 Å². The van der Waals surface area contributed by atoms with Crippen molar-refractivity contribution in [3.63, 3.8) is 0 Å². The van der Waals surface area contributed by atoms with Gasteiger partial charge in [-0.3, -0.25) is 4.79 Å². The molecule has 0 heterocycles. The number of hydrogen-bond acceptors (Lipinski definition) is 4. The molecular weight excluding hydrogens is 299 g/mol. The average Bonchev–Trinajstić information content (AvgIpc) is 2.30. The van der Waals surface area contributed by atoms with E-state index in [1.54, 1.807) is 6.92 Å². The van der Waals surface area contributed by atoms with Gasteiger partial charge in [0.25, 0.3) is 0 Å². The average molecular weight is 319 g/mol. The fraction of sp³-hybridized carbons (Fsp3) is 0.909. The molecule has 20 heavy (non-hydrogen) atoms. The first-order valence-corrected chi connectivity index (χ1v) is 7.82. The third kappa shape index (κ3) is 9.27. The second kappa shape index (κ2) is 7.94. The lowest BCUT2D eigenvalue weighted by Gasteiger charge is -2.16. The Morgan fingerprint density at radius 1 is 1.35 bits per heavy atom. The normalized spacial score (nSPS) is 15.9. The molecular formula is C11H20F3NO4S. The van der Waals surface area contributed by atoms with E-state index in [9.17, 15) is 31.5 Å². The standard InChI is InChI=1S/C11H20F3NO4S/c1-8(10(17)9(2)16)4-3-6-15-20(18,19)7-5-11(12,13)14/h8,10,15,17H,3-7H2,1-2H3/t8-,10+/m1/s1. The maximum Gasteiger partial charge on any atom is 0.390 e. The molecule has 0 radical (unpaired) electrons. The number of carbonyl (C=O) groups is 1. The molecule has 0 saturated heterocycles. The van der Waals surface area contributed by atoms with Crippen LogP contribution in [0.1, 0.15) is 33.1 Å². The highest BCUT2D eigenvalue weighted by Crippen LogP contribution is 2.19. The van der Waals surface area contributed by atoms with Crippen LogP contribution < -0.4 is 4.72 Å². The van der Waals surface area contributed by atoms with Crippen molar-refractivity contribution in [3.8, 4) is 0 Å². The number of nitrogens with one attached hydrogen (secondary N) is 1. The quantitative estimate of drug-likeness (QED) is 0.626. The monoisotopic (exact) mass is 319 g/mol. The van der Waals surface area contributed by atoms with E-state index in [0.717, 1.165) is 0 Å². The highest BCUT2D eigenvalue weighted by Gasteiger charge is 2.29. The lowest BCUT2D eigenvalue weighted by molar-refractivity contribution is -0.130. The zero-order valence-electron chi connectivity index (χ0n) is 11.4. The third-order valence-electron chi connectivity index (χ3n) is 2.77. The summed E-state index contributed by atoms with van der Waals surface area (Å²) in [5, 5.41) is 9.41. The van der Waals surface area contributed by atoms with E-state index in [1.165, 1.54) is 6.92 Å². The molecule has 120 valence electrons. The maximum absolute atomic E-state index is 11.9. The molecule has 5 nitrogen and oxygen atoms in total. The molecule has 0 aromatic carbocycles. The van der Waals surface area contributed by atoms with Crippen molar-refractivity contribution in [1.29, 1.82) is 0 Å². The molecule has 2 atom stereocenters. The molecule has 0 fully saturated rings. The number of aliphatic hydroxyl groups excluding tert-OH is 1. The molecule has 2 N–H and O–H groups in total. The highest BCUT2D eigenvalue weighted by atomic mass is 32.2. The van der Waals surface area contributed by atoms with Crippen molar-refractivity contribution >= 4 is 15.8 Å². The Morgan fingerprint density at radius 3 is 2.35 bits per heavy atom. The Morgan fingerprint density at radius 2 is 1.90 bits per heavy atom. The molecule has 0 amide bonds. The van der Waals surface area contributed by atoms with E-state index in [1.807, 2.05) is 0 Å². The van der Waals surface area contributed by atoms with Crippen LogP contribution >= 0.6 is 0 Å². The summed E-state index contributed by atoms with van der Waals surface area (Å²) in [7, 11) is -3.95. The number of aliphatic hydroxyl groups is 1. The van der Waals surface area contributed by atoms with Gasteiger partial charge in [-0.15, -0.1) is 0 Å². The molecule has 0 aromatic rings. The minimum atomic E-state index is -4.51. The molecule has 0 aliphatic rings. The van der Waals surface area contributed by atoms with Crippen LogP contribution in [0, 0.1) is 5.92 Å². The lowest BCUT2D eigenvalue weighted by atomic mass is 9.97. The molecule has 0 spiro atoms. The van der Waals surface area contributed by atoms with E-state index in [-0.39, 0.29) is 18.2 Å². The molecule has 9 heteroatoms. The fourth-order valence-electron chi connectivity index (χ4n) is 1.53. The van der Waals surface area contributed by atoms with Crippen molar-refractivity contribution in [3.05, 3.63) is 0 Å². The molecule has 0 aromatic heterocycles. The number of halogens is 3. The Bertz CT molecular complexity index is 408. The number of alkyl halides is 3. The zero-order chi connectivity index (χ0) is 16.0. The molecule has 0 aliphatic carbocycles. The van der Waals surface area contributed by atoms with E-state index in [4.69, 9.17) is 0 Å². The third-order valence-corrected chi connectivity index (χ3v) is 4.15. The number of ketones is 1. The second-order valence-corrected chi connectivity index (χ2v) is 6.68. The molecule has 0 rings (SSSR count). The summed E-state index contributed by atoms with van der Waals surface area (Å²) < 4.78 is 60.2. The minimum Gasteiger partial charge on any atom is -0.385 e. The summed E-state index contributed by atoms with van der Waals surface area (Å²) in [6, 6.07) is 0. The van der Waals surface area contributed by atoms with Gasteiger partial charge in [0, 0.05) is 6.54 Å². The van der Waals surface area contributed by atoms with Crippen LogP contribution in [0.15, 0.2) is 0 Å². The Labute approximate surface area is 116 Å². The van der Waals surface area contributed by atoms with Crippen LogP contribution in [0.2, 0.25) is 0 Å². The number of hydrogen-bond donors (Lipinski definition) is 2. The predicted molar refractivity (Wildman–Crippen MR) is 67.5 cm³/mol. The summed E-state index contributed by atoms with van der Waals surface area (Å²) in [5.41, 5.74) is 0. The topological polar surface area (TPSA) is 83.5 Å². The second-order valence-electron chi connectivity index (χ2n) is 4.75. The van der Waals surface area contributed by atoms with Gasteiger partial charge in [-0.1, -0.05) is 6.92 Å². The Hall–Kier alpha value is -0.670. The van der Waals surface area contributed by atoms with Gasteiger partial charge >= 0.3 is 6.18 Å². The Balaban J connectivity index is 3.97. The maximum atomic E-state index is 11.9. The van der Waals surface area contributed by atoms with E-state index >= 15 is 0 Å². The largest absolute Gasteiger partial charge is 0.390 e. The fourth-order valence-corrected chi connectivity index (χ4v) is 2.63. The van der Waals surface area contributed by atoms with Crippen LogP contribution in [0.3, 0.4) is 0 Å². The van der Waals surface area contributed by atoms with Crippen molar-refractivity contribution in [2.24, 2.45) is 5.92 Å². The number of sulfonamides is 1. The number of Topliss-reactive ketones (excluding diaryl/α,β-unsaturated/α-hetero) is 1. The van der Waals surface area contributed by atoms with Crippen molar-refractivity contribution in [2.75, 3.05) is 12.3 Å². The van der Waals surface area contributed by atoms with Gasteiger partial charge in [-0.25, -0.2) is 13.1 Å². The van der Waals surface area contributed by atoms with Crippen LogP contribution in [-0.4, -0.2) is 43.9 Å². The molecule has 0 aliphatic heterocycles.